The number of hydrogen-bond donors (Lipinski definition) is 2. The summed E-state index contributed by atoms with van der Waals surface area (Å²) < 4.78 is 19.9. The minimum Gasteiger partial charge on any atom is -0.488 e. The standard InChI is InChI=1S/C30H34ClFN6O2/c31-24-15-21(8-9-25(24)32)35-30-23-16-27(28(40-22-3-1-4-22)17-26(23)33-19-34-30)36-29(39)5-2-10-37-11-13-38(14-12-37)18-20-6-7-20/h2,5,8-9,15-17,19-20,22H,1,3-4,6-7,10-14,18H2,(H,36,39)(H,33,34,35)/b5-2+. The highest BCUT2D eigenvalue weighted by Gasteiger charge is 2.26. The molecule has 0 bridgehead atoms. The van der Waals surface area contributed by atoms with Gasteiger partial charge < -0.3 is 20.3 Å². The number of halogens is 2. The molecule has 0 spiro atoms. The Morgan fingerprint density at radius 1 is 1.07 bits per heavy atom. The van der Waals surface area contributed by atoms with Gasteiger partial charge in [0.05, 0.1) is 22.3 Å². The molecule has 3 aliphatic rings. The van der Waals surface area contributed by atoms with E-state index in [1.807, 2.05) is 18.2 Å². The predicted octanol–water partition coefficient (Wildman–Crippen LogP) is 5.62. The van der Waals surface area contributed by atoms with Crippen molar-refractivity contribution in [1.29, 1.82) is 0 Å². The van der Waals surface area contributed by atoms with Crippen molar-refractivity contribution in [1.82, 2.24) is 19.8 Å². The maximum absolute atomic E-state index is 13.7. The van der Waals surface area contributed by atoms with Crippen molar-refractivity contribution < 1.29 is 13.9 Å². The maximum atomic E-state index is 13.7. The Balaban J connectivity index is 1.16. The van der Waals surface area contributed by atoms with Crippen LogP contribution >= 0.6 is 11.6 Å². The van der Waals surface area contributed by atoms with E-state index in [0.29, 0.717) is 33.8 Å². The van der Waals surface area contributed by atoms with Crippen LogP contribution in [0.1, 0.15) is 32.1 Å². The number of nitrogens with zero attached hydrogens (tertiary/aromatic N) is 4. The lowest BCUT2D eigenvalue weighted by atomic mass is 9.96. The van der Waals surface area contributed by atoms with Gasteiger partial charge in [-0.1, -0.05) is 17.7 Å². The van der Waals surface area contributed by atoms with Crippen molar-refractivity contribution in [3.63, 3.8) is 0 Å². The number of rotatable bonds is 10. The summed E-state index contributed by atoms with van der Waals surface area (Å²) in [7, 11) is 0. The molecule has 2 aromatic carbocycles. The Labute approximate surface area is 238 Å². The first kappa shape index (κ1) is 26.9. The van der Waals surface area contributed by atoms with Crippen molar-refractivity contribution in [2.45, 2.75) is 38.2 Å². The van der Waals surface area contributed by atoms with E-state index in [1.54, 1.807) is 12.1 Å². The molecule has 2 heterocycles. The third-order valence-electron chi connectivity index (χ3n) is 7.83. The van der Waals surface area contributed by atoms with E-state index in [4.69, 9.17) is 16.3 Å². The fourth-order valence-corrected chi connectivity index (χ4v) is 5.24. The van der Waals surface area contributed by atoms with Crippen LogP contribution in [0.4, 0.5) is 21.6 Å². The van der Waals surface area contributed by atoms with Gasteiger partial charge in [0.15, 0.2) is 0 Å². The third-order valence-corrected chi connectivity index (χ3v) is 8.12. The van der Waals surface area contributed by atoms with Crippen LogP contribution in [-0.2, 0) is 4.79 Å². The van der Waals surface area contributed by atoms with E-state index in [1.165, 1.54) is 37.8 Å². The summed E-state index contributed by atoms with van der Waals surface area (Å²) in [5.74, 6) is 1.30. The summed E-state index contributed by atoms with van der Waals surface area (Å²) >= 11 is 5.96. The number of fused-ring (bicyclic) bond motifs is 1. The number of anilines is 3. The number of aromatic nitrogens is 2. The number of ether oxygens (including phenoxy) is 1. The first-order valence-electron chi connectivity index (χ1n) is 14.1. The van der Waals surface area contributed by atoms with Crippen molar-refractivity contribution in [2.75, 3.05) is 49.9 Å². The molecule has 210 valence electrons. The summed E-state index contributed by atoms with van der Waals surface area (Å²) in [5.41, 5.74) is 1.80. The molecule has 1 amide bonds. The number of carbonyl (C=O) groups is 1. The number of amides is 1. The first-order valence-corrected chi connectivity index (χ1v) is 14.5. The van der Waals surface area contributed by atoms with E-state index in [9.17, 15) is 9.18 Å². The molecule has 1 aliphatic heterocycles. The minimum absolute atomic E-state index is 0.0134. The van der Waals surface area contributed by atoms with Gasteiger partial charge in [-0.3, -0.25) is 9.69 Å². The fourth-order valence-electron chi connectivity index (χ4n) is 5.06. The summed E-state index contributed by atoms with van der Waals surface area (Å²) in [6.45, 7) is 6.23. The van der Waals surface area contributed by atoms with Gasteiger partial charge in [0, 0.05) is 62.5 Å². The van der Waals surface area contributed by atoms with Crippen LogP contribution in [0.15, 0.2) is 48.8 Å². The van der Waals surface area contributed by atoms with Gasteiger partial charge in [0.25, 0.3) is 0 Å². The van der Waals surface area contributed by atoms with E-state index in [2.05, 4.69) is 30.4 Å². The van der Waals surface area contributed by atoms with Crippen LogP contribution in [0.2, 0.25) is 5.02 Å². The number of carbonyl (C=O) groups excluding carboxylic acids is 1. The van der Waals surface area contributed by atoms with E-state index < -0.39 is 5.82 Å². The Hall–Kier alpha value is -3.27. The zero-order valence-corrected chi connectivity index (χ0v) is 23.2. The van der Waals surface area contributed by atoms with Gasteiger partial charge in [-0.25, -0.2) is 14.4 Å². The molecule has 0 unspecified atom stereocenters. The normalized spacial score (nSPS) is 18.6. The highest BCUT2D eigenvalue weighted by molar-refractivity contribution is 6.31. The summed E-state index contributed by atoms with van der Waals surface area (Å²) in [5, 5.41) is 6.89. The van der Waals surface area contributed by atoms with Crippen molar-refractivity contribution in [2.24, 2.45) is 5.92 Å². The maximum Gasteiger partial charge on any atom is 0.248 e. The zero-order chi connectivity index (χ0) is 27.5. The van der Waals surface area contributed by atoms with Gasteiger partial charge >= 0.3 is 0 Å². The number of hydrogen-bond acceptors (Lipinski definition) is 7. The fraction of sp³-hybridized carbons (Fsp3) is 0.433. The minimum atomic E-state index is -0.494. The largest absolute Gasteiger partial charge is 0.488 e. The van der Waals surface area contributed by atoms with Gasteiger partial charge in [-0.05, 0) is 62.3 Å². The molecule has 1 saturated heterocycles. The molecule has 0 atom stereocenters. The number of piperazine rings is 1. The predicted molar refractivity (Wildman–Crippen MR) is 156 cm³/mol. The smallest absolute Gasteiger partial charge is 0.248 e. The second kappa shape index (κ2) is 12.1. The molecule has 1 aromatic heterocycles. The van der Waals surface area contributed by atoms with Crippen LogP contribution in [0.5, 0.6) is 5.75 Å². The molecule has 3 fully saturated rings. The molecular formula is C30H34ClFN6O2. The molecular weight excluding hydrogens is 531 g/mol. The Morgan fingerprint density at radius 2 is 1.88 bits per heavy atom. The Kier molecular flexibility index (Phi) is 8.13. The summed E-state index contributed by atoms with van der Waals surface area (Å²) in [4.78, 5) is 26.7. The quantitative estimate of drug-likeness (QED) is 0.309. The lowest BCUT2D eigenvalue weighted by Gasteiger charge is -2.34. The van der Waals surface area contributed by atoms with E-state index in [-0.39, 0.29) is 17.0 Å². The van der Waals surface area contributed by atoms with Crippen LogP contribution in [0, 0.1) is 11.7 Å². The highest BCUT2D eigenvalue weighted by Crippen LogP contribution is 2.36. The Bertz CT molecular complexity index is 1400. The average molecular weight is 565 g/mol. The number of nitrogens with one attached hydrogen (secondary N) is 2. The zero-order valence-electron chi connectivity index (χ0n) is 22.4. The molecule has 6 rings (SSSR count). The topological polar surface area (TPSA) is 82.6 Å². The van der Waals surface area contributed by atoms with Crippen LogP contribution in [0.3, 0.4) is 0 Å². The van der Waals surface area contributed by atoms with Crippen molar-refractivity contribution in [3.8, 4) is 5.75 Å². The van der Waals surface area contributed by atoms with E-state index in [0.717, 1.165) is 57.9 Å². The van der Waals surface area contributed by atoms with Crippen LogP contribution in [0.25, 0.3) is 10.9 Å². The molecule has 10 heteroatoms. The first-order chi connectivity index (χ1) is 19.5. The molecule has 40 heavy (non-hydrogen) atoms. The van der Waals surface area contributed by atoms with Crippen molar-refractivity contribution in [3.05, 3.63) is 59.7 Å². The third kappa shape index (κ3) is 6.71. The summed E-state index contributed by atoms with van der Waals surface area (Å²) in [6.07, 6.45) is 11.0. The van der Waals surface area contributed by atoms with Crippen LogP contribution < -0.4 is 15.4 Å². The molecule has 2 saturated carbocycles. The molecule has 2 N–H and O–H groups in total. The monoisotopic (exact) mass is 564 g/mol. The second-order valence-electron chi connectivity index (χ2n) is 10.9. The van der Waals surface area contributed by atoms with Gasteiger partial charge in [0.2, 0.25) is 5.91 Å². The van der Waals surface area contributed by atoms with Crippen molar-refractivity contribution >= 4 is 45.6 Å². The van der Waals surface area contributed by atoms with Crippen LogP contribution in [-0.4, -0.2) is 71.0 Å². The lowest BCUT2D eigenvalue weighted by molar-refractivity contribution is -0.111. The van der Waals surface area contributed by atoms with Gasteiger partial charge in [-0.2, -0.15) is 0 Å². The van der Waals surface area contributed by atoms with E-state index >= 15 is 0 Å². The molecule has 8 nitrogen and oxygen atoms in total. The Morgan fingerprint density at radius 3 is 2.60 bits per heavy atom. The second-order valence-corrected chi connectivity index (χ2v) is 11.4. The average Bonchev–Trinajstić information content (AvgIpc) is 3.74. The lowest BCUT2D eigenvalue weighted by Crippen LogP contribution is -2.46. The van der Waals surface area contributed by atoms with Gasteiger partial charge in [-0.15, -0.1) is 0 Å². The SMILES string of the molecule is O=C(/C=C/CN1CCN(CC2CC2)CC1)Nc1cc2c(Nc3ccc(F)c(Cl)c3)ncnc2cc1OC1CCC1. The van der Waals surface area contributed by atoms with Gasteiger partial charge in [0.1, 0.15) is 23.7 Å². The molecule has 3 aromatic rings. The number of benzene rings is 2. The highest BCUT2D eigenvalue weighted by atomic mass is 35.5. The molecule has 0 radical (unpaired) electrons. The molecule has 2 aliphatic carbocycles. The summed E-state index contributed by atoms with van der Waals surface area (Å²) in [6, 6.07) is 8.04.